The molecule has 0 aromatic carbocycles. The van der Waals surface area contributed by atoms with E-state index >= 15 is 0 Å². The maximum Gasteiger partial charge on any atom is 0.194 e. The molecule has 0 fully saturated rings. The van der Waals surface area contributed by atoms with Crippen LogP contribution in [0.4, 0.5) is 0 Å². The highest BCUT2D eigenvalue weighted by atomic mass is 16.4. The average Bonchev–Trinajstić information content (AvgIpc) is 2.52. The van der Waals surface area contributed by atoms with Crippen LogP contribution in [0.2, 0.25) is 0 Å². The number of quaternary nitrogens is 1. The molecule has 0 N–H and O–H groups in total. The number of carboxylic acids is 1. The Morgan fingerprint density at radius 1 is 1.46 bits per heavy atom. The van der Waals surface area contributed by atoms with E-state index in [0.717, 1.165) is 24.5 Å². The van der Waals surface area contributed by atoms with Gasteiger partial charge in [-0.1, -0.05) is 0 Å². The van der Waals surface area contributed by atoms with Crippen LogP contribution in [0.15, 0.2) is 17.4 Å². The lowest BCUT2D eigenvalue weighted by atomic mass is 10.4. The van der Waals surface area contributed by atoms with Crippen LogP contribution in [0.5, 0.6) is 0 Å². The topological polar surface area (TPSA) is 52.5 Å². The number of carbonyl (C=O) groups is 1. The Kier molecular flexibility index (Phi) is 4.99. The van der Waals surface area contributed by atoms with Crippen molar-refractivity contribution in [3.63, 3.8) is 0 Å². The molecule has 0 aromatic rings. The average molecular weight is 184 g/mol. The third-order valence-corrected chi connectivity index (χ3v) is 1.92. The van der Waals surface area contributed by atoms with Gasteiger partial charge in [0.25, 0.3) is 0 Å². The van der Waals surface area contributed by atoms with E-state index in [0.29, 0.717) is 0 Å². The fourth-order valence-corrected chi connectivity index (χ4v) is 0.979. The highest BCUT2D eigenvalue weighted by Crippen LogP contribution is 2.08. The van der Waals surface area contributed by atoms with Crippen molar-refractivity contribution in [1.82, 2.24) is 0 Å². The van der Waals surface area contributed by atoms with Crippen molar-refractivity contribution in [2.24, 2.45) is 4.99 Å². The van der Waals surface area contributed by atoms with Crippen molar-refractivity contribution < 1.29 is 14.4 Å². The largest absolute Gasteiger partial charge is 0.550 e. The molecule has 0 aliphatic carbocycles. The summed E-state index contributed by atoms with van der Waals surface area (Å²) in [6, 6.07) is 0. The van der Waals surface area contributed by atoms with E-state index in [-0.39, 0.29) is 0 Å². The molecule has 0 atom stereocenters. The van der Waals surface area contributed by atoms with Crippen LogP contribution in [-0.4, -0.2) is 29.9 Å². The molecule has 1 rings (SSSR count). The summed E-state index contributed by atoms with van der Waals surface area (Å²) in [6.45, 7) is 7.53. The molecule has 1 aliphatic heterocycles. The number of rotatable bonds is 2. The number of nitrogens with zero attached hydrogens (tertiary/aromatic N) is 2. The normalized spacial score (nSPS) is 16.5. The second kappa shape index (κ2) is 5.48. The zero-order valence-electron chi connectivity index (χ0n) is 8.36. The van der Waals surface area contributed by atoms with E-state index in [4.69, 9.17) is 9.90 Å². The van der Waals surface area contributed by atoms with Gasteiger partial charge >= 0.3 is 0 Å². The quantitative estimate of drug-likeness (QED) is 0.572. The van der Waals surface area contributed by atoms with Crippen LogP contribution in [-0.2, 0) is 4.79 Å². The molecule has 74 valence electrons. The van der Waals surface area contributed by atoms with Crippen molar-refractivity contribution in [1.29, 1.82) is 0 Å². The SMILES string of the molecule is CC(=O)[O-].CC[N+]1(CC)C=CN=C1. The number of carbonyl (C=O) groups excluding carboxylic acids is 1. The van der Waals surface area contributed by atoms with Gasteiger partial charge in [0.1, 0.15) is 6.20 Å². The van der Waals surface area contributed by atoms with Gasteiger partial charge in [-0.15, -0.1) is 0 Å². The zero-order chi connectivity index (χ0) is 10.3. The smallest absolute Gasteiger partial charge is 0.194 e. The minimum absolute atomic E-state index is 0.917. The first-order valence-electron chi connectivity index (χ1n) is 4.32. The molecule has 0 aromatic heterocycles. The summed E-state index contributed by atoms with van der Waals surface area (Å²) in [6.07, 6.45) is 5.98. The van der Waals surface area contributed by atoms with Crippen molar-refractivity contribution in [3.05, 3.63) is 12.4 Å². The van der Waals surface area contributed by atoms with Gasteiger partial charge in [-0.2, -0.15) is 0 Å². The molecule has 0 radical (unpaired) electrons. The summed E-state index contributed by atoms with van der Waals surface area (Å²) in [5, 5.41) is 8.89. The third-order valence-electron chi connectivity index (χ3n) is 1.92. The Balaban J connectivity index is 0.000000310. The van der Waals surface area contributed by atoms with Crippen LogP contribution in [0, 0.1) is 0 Å². The molecule has 4 heteroatoms. The fraction of sp³-hybridized carbons (Fsp3) is 0.556. The van der Waals surface area contributed by atoms with Gasteiger partial charge in [0, 0.05) is 5.97 Å². The third kappa shape index (κ3) is 4.42. The van der Waals surface area contributed by atoms with E-state index in [9.17, 15) is 0 Å². The molecule has 0 saturated heterocycles. The van der Waals surface area contributed by atoms with Crippen molar-refractivity contribution in [2.75, 3.05) is 13.1 Å². The maximum atomic E-state index is 8.89. The lowest BCUT2D eigenvalue weighted by molar-refractivity contribution is -0.774. The summed E-state index contributed by atoms with van der Waals surface area (Å²) in [4.78, 5) is 12.9. The highest BCUT2D eigenvalue weighted by molar-refractivity contribution is 5.60. The zero-order valence-corrected chi connectivity index (χ0v) is 8.36. The number of aliphatic carboxylic acids is 1. The molecule has 0 spiro atoms. The van der Waals surface area contributed by atoms with E-state index in [1.54, 1.807) is 0 Å². The van der Waals surface area contributed by atoms with Gasteiger partial charge in [-0.25, -0.2) is 4.99 Å². The first-order valence-corrected chi connectivity index (χ1v) is 4.32. The number of hydrogen-bond donors (Lipinski definition) is 0. The van der Waals surface area contributed by atoms with Gasteiger partial charge in [-0.3, -0.25) is 4.48 Å². The molecule has 13 heavy (non-hydrogen) atoms. The number of carboxylic acid groups (broad SMARTS) is 1. The summed E-state index contributed by atoms with van der Waals surface area (Å²) in [5.41, 5.74) is 0. The second-order valence-corrected chi connectivity index (χ2v) is 2.79. The van der Waals surface area contributed by atoms with Gasteiger partial charge in [0.05, 0.1) is 19.3 Å². The Labute approximate surface area is 78.8 Å². The molecule has 0 amide bonds. The van der Waals surface area contributed by atoms with Gasteiger partial charge in [0.2, 0.25) is 0 Å². The van der Waals surface area contributed by atoms with Crippen molar-refractivity contribution in [2.45, 2.75) is 20.8 Å². The predicted molar refractivity (Wildman–Crippen MR) is 49.7 cm³/mol. The second-order valence-electron chi connectivity index (χ2n) is 2.79. The molecule has 0 unspecified atom stereocenters. The Hall–Kier alpha value is -1.16. The molecule has 1 heterocycles. The summed E-state index contributed by atoms with van der Waals surface area (Å²) >= 11 is 0. The number of hydrogen-bond acceptors (Lipinski definition) is 3. The first-order chi connectivity index (χ1) is 6.06. The van der Waals surface area contributed by atoms with Gasteiger partial charge in [0.15, 0.2) is 6.34 Å². The predicted octanol–water partition coefficient (Wildman–Crippen LogP) is 0.112. The first kappa shape index (κ1) is 11.8. The van der Waals surface area contributed by atoms with Gasteiger partial charge < -0.3 is 9.90 Å². The minimum atomic E-state index is -1.08. The Morgan fingerprint density at radius 2 is 1.92 bits per heavy atom. The van der Waals surface area contributed by atoms with Crippen LogP contribution < -0.4 is 5.11 Å². The van der Waals surface area contributed by atoms with E-state index in [2.05, 4.69) is 25.0 Å². The van der Waals surface area contributed by atoms with Crippen LogP contribution in [0.25, 0.3) is 0 Å². The molecule has 0 saturated carbocycles. The Morgan fingerprint density at radius 3 is 2.08 bits per heavy atom. The lowest BCUT2D eigenvalue weighted by Crippen LogP contribution is -2.38. The standard InChI is InChI=1S/C7H13N2.C2H4O2/c1-3-9(4-2)6-5-8-7-9;1-2(3)4/h5-7H,3-4H2,1-2H3;1H3,(H,3,4)/q+1;/p-1. The van der Waals surface area contributed by atoms with E-state index in [1.165, 1.54) is 0 Å². The maximum absolute atomic E-state index is 8.89. The fourth-order valence-electron chi connectivity index (χ4n) is 0.979. The van der Waals surface area contributed by atoms with Crippen molar-refractivity contribution >= 4 is 12.3 Å². The highest BCUT2D eigenvalue weighted by Gasteiger charge is 2.19. The van der Waals surface area contributed by atoms with E-state index in [1.807, 2.05) is 12.5 Å². The van der Waals surface area contributed by atoms with Crippen molar-refractivity contribution in [3.8, 4) is 0 Å². The number of aliphatic imine (C=N–C) groups is 1. The summed E-state index contributed by atoms with van der Waals surface area (Å²) < 4.78 is 0.917. The summed E-state index contributed by atoms with van der Waals surface area (Å²) in [5.74, 6) is -1.08. The Bertz CT molecular complexity index is 200. The minimum Gasteiger partial charge on any atom is -0.550 e. The molecular weight excluding hydrogens is 168 g/mol. The molecule has 4 nitrogen and oxygen atoms in total. The summed E-state index contributed by atoms with van der Waals surface area (Å²) in [7, 11) is 0. The van der Waals surface area contributed by atoms with Crippen LogP contribution in [0.1, 0.15) is 20.8 Å². The monoisotopic (exact) mass is 184 g/mol. The molecule has 1 aliphatic rings. The van der Waals surface area contributed by atoms with E-state index < -0.39 is 5.97 Å². The molecule has 0 bridgehead atoms. The van der Waals surface area contributed by atoms with Crippen LogP contribution >= 0.6 is 0 Å². The molecular formula is C9H16N2O2. The lowest BCUT2D eigenvalue weighted by Gasteiger charge is -2.23. The van der Waals surface area contributed by atoms with Crippen LogP contribution in [0.3, 0.4) is 0 Å². The van der Waals surface area contributed by atoms with Gasteiger partial charge in [-0.05, 0) is 20.8 Å².